The summed E-state index contributed by atoms with van der Waals surface area (Å²) in [5, 5.41) is 2.85. The van der Waals surface area contributed by atoms with Gasteiger partial charge in [-0.15, -0.1) is 0 Å². The van der Waals surface area contributed by atoms with Gasteiger partial charge in [0, 0.05) is 44.7 Å². The lowest BCUT2D eigenvalue weighted by Gasteiger charge is -2.24. The van der Waals surface area contributed by atoms with Gasteiger partial charge >= 0.3 is 6.01 Å². The van der Waals surface area contributed by atoms with Crippen molar-refractivity contribution in [1.29, 1.82) is 0 Å². The highest BCUT2D eigenvalue weighted by molar-refractivity contribution is 5.98. The predicted molar refractivity (Wildman–Crippen MR) is 112 cm³/mol. The van der Waals surface area contributed by atoms with E-state index in [0.29, 0.717) is 56.2 Å². The zero-order chi connectivity index (χ0) is 20.2. The van der Waals surface area contributed by atoms with Gasteiger partial charge in [-0.3, -0.25) is 9.79 Å². The zero-order valence-corrected chi connectivity index (χ0v) is 16.8. The SMILES string of the molecule is CC1CC=C(CN2CCC(=O)Nc3c(N)nc(OCC4CCOC4)nc32)CC=N1. The van der Waals surface area contributed by atoms with Crippen molar-refractivity contribution in [1.82, 2.24) is 9.97 Å². The summed E-state index contributed by atoms with van der Waals surface area (Å²) >= 11 is 0. The molecule has 4 rings (SSSR count). The molecule has 1 aromatic heterocycles. The van der Waals surface area contributed by atoms with E-state index in [4.69, 9.17) is 15.2 Å². The van der Waals surface area contributed by atoms with E-state index < -0.39 is 0 Å². The Balaban J connectivity index is 1.57. The van der Waals surface area contributed by atoms with E-state index in [9.17, 15) is 4.79 Å². The van der Waals surface area contributed by atoms with Crippen LogP contribution in [0.4, 0.5) is 17.3 Å². The maximum atomic E-state index is 12.2. The van der Waals surface area contributed by atoms with Gasteiger partial charge in [-0.25, -0.2) is 0 Å². The van der Waals surface area contributed by atoms with E-state index >= 15 is 0 Å². The third-order valence-electron chi connectivity index (χ3n) is 5.40. The van der Waals surface area contributed by atoms with Crippen molar-refractivity contribution in [3.8, 4) is 6.01 Å². The summed E-state index contributed by atoms with van der Waals surface area (Å²) in [6, 6.07) is 0.532. The number of hydrogen-bond donors (Lipinski definition) is 2. The Kier molecular flexibility index (Phi) is 5.94. The molecule has 3 N–H and O–H groups in total. The fourth-order valence-corrected chi connectivity index (χ4v) is 3.67. The van der Waals surface area contributed by atoms with Crippen LogP contribution in [0.5, 0.6) is 6.01 Å². The molecule has 3 aliphatic rings. The van der Waals surface area contributed by atoms with Crippen LogP contribution in [0, 0.1) is 5.92 Å². The number of nitrogens with two attached hydrogens (primary N) is 1. The minimum Gasteiger partial charge on any atom is -0.463 e. The lowest BCUT2D eigenvalue weighted by atomic mass is 10.1. The second-order valence-electron chi connectivity index (χ2n) is 7.83. The number of ether oxygens (including phenoxy) is 2. The number of aliphatic imine (C=N–C) groups is 1. The monoisotopic (exact) mass is 400 g/mol. The van der Waals surface area contributed by atoms with E-state index in [-0.39, 0.29) is 17.7 Å². The highest BCUT2D eigenvalue weighted by Crippen LogP contribution is 2.33. The fourth-order valence-electron chi connectivity index (χ4n) is 3.67. The van der Waals surface area contributed by atoms with Crippen LogP contribution in [0.15, 0.2) is 16.6 Å². The van der Waals surface area contributed by atoms with Gasteiger partial charge < -0.3 is 25.4 Å². The van der Waals surface area contributed by atoms with Crippen LogP contribution in [0.25, 0.3) is 0 Å². The molecule has 0 bridgehead atoms. The second-order valence-corrected chi connectivity index (χ2v) is 7.83. The van der Waals surface area contributed by atoms with Crippen LogP contribution in [0.1, 0.15) is 32.6 Å². The van der Waals surface area contributed by atoms with Crippen LogP contribution in [-0.2, 0) is 9.53 Å². The first-order valence-corrected chi connectivity index (χ1v) is 10.2. The average Bonchev–Trinajstić information content (AvgIpc) is 3.07. The van der Waals surface area contributed by atoms with Crippen LogP contribution < -0.4 is 20.7 Å². The zero-order valence-electron chi connectivity index (χ0n) is 16.8. The molecule has 0 spiro atoms. The van der Waals surface area contributed by atoms with E-state index in [1.54, 1.807) is 0 Å². The van der Waals surface area contributed by atoms with E-state index in [1.165, 1.54) is 5.57 Å². The minimum absolute atomic E-state index is 0.0918. The van der Waals surface area contributed by atoms with Gasteiger partial charge in [0.2, 0.25) is 5.91 Å². The summed E-state index contributed by atoms with van der Waals surface area (Å²) in [7, 11) is 0. The van der Waals surface area contributed by atoms with Gasteiger partial charge in [0.1, 0.15) is 5.69 Å². The molecule has 9 nitrogen and oxygen atoms in total. The topological polar surface area (TPSA) is 115 Å². The molecule has 9 heteroatoms. The quantitative estimate of drug-likeness (QED) is 0.724. The maximum absolute atomic E-state index is 12.2. The molecule has 0 aromatic carbocycles. The lowest BCUT2D eigenvalue weighted by molar-refractivity contribution is -0.115. The summed E-state index contributed by atoms with van der Waals surface area (Å²) in [5.74, 6) is 1.08. The van der Waals surface area contributed by atoms with Crippen molar-refractivity contribution in [3.63, 3.8) is 0 Å². The predicted octanol–water partition coefficient (Wildman–Crippen LogP) is 1.80. The van der Waals surface area contributed by atoms with Gasteiger partial charge in [0.15, 0.2) is 11.6 Å². The number of aromatic nitrogens is 2. The molecule has 0 aliphatic carbocycles. The van der Waals surface area contributed by atoms with Gasteiger partial charge in [-0.2, -0.15) is 9.97 Å². The smallest absolute Gasteiger partial charge is 0.320 e. The number of anilines is 3. The fraction of sp³-hybridized carbons (Fsp3) is 0.600. The third-order valence-corrected chi connectivity index (χ3v) is 5.40. The second kappa shape index (κ2) is 8.77. The standard InChI is InChI=1S/C20H28N6O3/c1-13-2-3-14(4-7-22-13)10-26-8-5-16(27)23-17-18(21)24-20(25-19(17)26)29-12-15-6-9-28-11-15/h3,7,13,15H,2,4-6,8-12H2,1H3,(H,23,27)(H2,21,24,25). The Morgan fingerprint density at radius 3 is 3.14 bits per heavy atom. The summed E-state index contributed by atoms with van der Waals surface area (Å²) in [6.07, 6.45) is 7.24. The number of amides is 1. The maximum Gasteiger partial charge on any atom is 0.320 e. The molecule has 29 heavy (non-hydrogen) atoms. The number of nitrogens with zero attached hydrogens (tertiary/aromatic N) is 4. The Labute approximate surface area is 170 Å². The first kappa shape index (κ1) is 19.6. The average molecular weight is 400 g/mol. The molecule has 4 heterocycles. The van der Waals surface area contributed by atoms with Crippen molar-refractivity contribution in [2.24, 2.45) is 10.9 Å². The van der Waals surface area contributed by atoms with Crippen molar-refractivity contribution in [3.05, 3.63) is 11.6 Å². The molecule has 0 saturated carbocycles. The molecule has 0 radical (unpaired) electrons. The summed E-state index contributed by atoms with van der Waals surface area (Å²) < 4.78 is 11.2. The number of rotatable bonds is 5. The highest BCUT2D eigenvalue weighted by atomic mass is 16.5. The highest BCUT2D eigenvalue weighted by Gasteiger charge is 2.26. The molecule has 2 unspecified atom stereocenters. The van der Waals surface area contributed by atoms with Gasteiger partial charge in [-0.05, 0) is 25.3 Å². The van der Waals surface area contributed by atoms with E-state index in [1.807, 2.05) is 6.21 Å². The van der Waals surface area contributed by atoms with Crippen molar-refractivity contribution in [2.75, 3.05) is 48.9 Å². The van der Waals surface area contributed by atoms with Gasteiger partial charge in [0.05, 0.1) is 19.3 Å². The molecular weight excluding hydrogens is 372 g/mol. The lowest BCUT2D eigenvalue weighted by Crippen LogP contribution is -2.28. The van der Waals surface area contributed by atoms with Gasteiger partial charge in [-0.1, -0.05) is 6.08 Å². The van der Waals surface area contributed by atoms with Crippen LogP contribution in [0.3, 0.4) is 0 Å². The number of nitrogen functional groups attached to an aromatic ring is 1. The van der Waals surface area contributed by atoms with Crippen molar-refractivity contribution >= 4 is 29.4 Å². The number of carbonyl (C=O) groups excluding carboxylic acids is 1. The molecule has 1 fully saturated rings. The van der Waals surface area contributed by atoms with E-state index in [2.05, 4.69) is 38.2 Å². The molecule has 2 atom stereocenters. The third kappa shape index (κ3) is 4.84. The van der Waals surface area contributed by atoms with Crippen molar-refractivity contribution in [2.45, 2.75) is 38.6 Å². The molecule has 1 amide bonds. The molecule has 156 valence electrons. The summed E-state index contributed by atoms with van der Waals surface area (Å²) in [5.41, 5.74) is 7.87. The Morgan fingerprint density at radius 2 is 2.31 bits per heavy atom. The number of nitrogens with one attached hydrogen (secondary N) is 1. The molecule has 1 aromatic rings. The first-order valence-electron chi connectivity index (χ1n) is 10.2. The van der Waals surface area contributed by atoms with E-state index in [0.717, 1.165) is 25.9 Å². The molecule has 3 aliphatic heterocycles. The summed E-state index contributed by atoms with van der Waals surface area (Å²) in [4.78, 5) is 27.6. The Morgan fingerprint density at radius 1 is 1.41 bits per heavy atom. The number of carbonyl (C=O) groups is 1. The molecular formula is C20H28N6O3. The first-order chi connectivity index (χ1) is 14.1. The minimum atomic E-state index is -0.0918. The van der Waals surface area contributed by atoms with Crippen LogP contribution in [-0.4, -0.2) is 61.0 Å². The van der Waals surface area contributed by atoms with Gasteiger partial charge in [0.25, 0.3) is 0 Å². The summed E-state index contributed by atoms with van der Waals surface area (Å²) in [6.45, 7) is 5.26. The Bertz CT molecular complexity index is 819. The van der Waals surface area contributed by atoms with Crippen molar-refractivity contribution < 1.29 is 14.3 Å². The van der Waals surface area contributed by atoms with Crippen LogP contribution >= 0.6 is 0 Å². The van der Waals surface area contributed by atoms with Crippen LogP contribution in [0.2, 0.25) is 0 Å². The number of fused-ring (bicyclic) bond motifs is 1. The largest absolute Gasteiger partial charge is 0.463 e. The molecule has 1 saturated heterocycles. The number of hydrogen-bond acceptors (Lipinski definition) is 8. The Hall–Kier alpha value is -2.68. The normalized spacial score (nSPS) is 24.4.